The van der Waals surface area contributed by atoms with Crippen LogP contribution in [0.2, 0.25) is 0 Å². The molecule has 5 nitrogen and oxygen atoms in total. The summed E-state index contributed by atoms with van der Waals surface area (Å²) in [6.45, 7) is 4.45. The molecule has 2 rings (SSSR count). The summed E-state index contributed by atoms with van der Waals surface area (Å²) < 4.78 is 0. The van der Waals surface area contributed by atoms with Crippen molar-refractivity contribution in [3.05, 3.63) is 0 Å². The Morgan fingerprint density at radius 1 is 1.44 bits per heavy atom. The number of urea groups is 1. The number of carbonyl (C=O) groups is 2. The molecule has 0 aromatic heterocycles. The van der Waals surface area contributed by atoms with Gasteiger partial charge in [0.25, 0.3) is 0 Å². The predicted octanol–water partition coefficient (Wildman–Crippen LogP) is 0.316. The zero-order chi connectivity index (χ0) is 11.5. The third kappa shape index (κ3) is 2.65. The molecular weight excluding hydrogens is 206 g/mol. The van der Waals surface area contributed by atoms with E-state index in [-0.39, 0.29) is 18.0 Å². The van der Waals surface area contributed by atoms with E-state index in [9.17, 15) is 9.59 Å². The topological polar surface area (TPSA) is 61.4 Å². The minimum atomic E-state index is -0.0284. The lowest BCUT2D eigenvalue weighted by molar-refractivity contribution is -0.119. The van der Waals surface area contributed by atoms with Crippen LogP contribution in [0.5, 0.6) is 0 Å². The highest BCUT2D eigenvalue weighted by Gasteiger charge is 2.26. The molecule has 2 fully saturated rings. The van der Waals surface area contributed by atoms with Gasteiger partial charge in [0.2, 0.25) is 5.91 Å². The van der Waals surface area contributed by atoms with Crippen molar-refractivity contribution in [2.75, 3.05) is 19.6 Å². The highest BCUT2D eigenvalue weighted by Crippen LogP contribution is 2.16. The Balaban J connectivity index is 1.77. The van der Waals surface area contributed by atoms with Crippen LogP contribution in [0.4, 0.5) is 4.79 Å². The van der Waals surface area contributed by atoms with E-state index < -0.39 is 0 Å². The van der Waals surface area contributed by atoms with Crippen molar-refractivity contribution in [2.24, 2.45) is 5.92 Å². The maximum absolute atomic E-state index is 11.8. The summed E-state index contributed by atoms with van der Waals surface area (Å²) in [6, 6.07) is -0.0484. The molecule has 2 heterocycles. The summed E-state index contributed by atoms with van der Waals surface area (Å²) >= 11 is 0. The molecule has 16 heavy (non-hydrogen) atoms. The molecule has 1 atom stereocenters. The molecule has 2 aliphatic rings. The Kier molecular flexibility index (Phi) is 3.31. The first-order chi connectivity index (χ1) is 7.65. The Labute approximate surface area is 95.6 Å². The first-order valence-corrected chi connectivity index (χ1v) is 5.97. The van der Waals surface area contributed by atoms with Gasteiger partial charge in [-0.1, -0.05) is 6.92 Å². The average molecular weight is 225 g/mol. The van der Waals surface area contributed by atoms with E-state index in [1.54, 1.807) is 0 Å². The number of hydrogen-bond donors (Lipinski definition) is 2. The maximum atomic E-state index is 11.8. The van der Waals surface area contributed by atoms with Gasteiger partial charge in [-0.3, -0.25) is 4.79 Å². The van der Waals surface area contributed by atoms with E-state index in [0.29, 0.717) is 13.0 Å². The summed E-state index contributed by atoms with van der Waals surface area (Å²) in [5, 5.41) is 5.61. The van der Waals surface area contributed by atoms with Gasteiger partial charge in [0.15, 0.2) is 0 Å². The van der Waals surface area contributed by atoms with E-state index >= 15 is 0 Å². The van der Waals surface area contributed by atoms with Crippen LogP contribution >= 0.6 is 0 Å². The number of piperidine rings is 1. The molecule has 0 bridgehead atoms. The largest absolute Gasteiger partial charge is 0.354 e. The first-order valence-electron chi connectivity index (χ1n) is 5.97. The fraction of sp³-hybridized carbons (Fsp3) is 0.818. The molecular formula is C11H19N3O2. The van der Waals surface area contributed by atoms with Gasteiger partial charge in [0.05, 0.1) is 6.04 Å². The van der Waals surface area contributed by atoms with Gasteiger partial charge >= 0.3 is 6.03 Å². The van der Waals surface area contributed by atoms with Gasteiger partial charge in [-0.2, -0.15) is 0 Å². The number of hydrogen-bond acceptors (Lipinski definition) is 2. The molecule has 5 heteroatoms. The number of nitrogens with zero attached hydrogens (tertiary/aromatic N) is 1. The third-order valence-electron chi connectivity index (χ3n) is 3.38. The molecule has 0 aromatic carbocycles. The summed E-state index contributed by atoms with van der Waals surface area (Å²) in [7, 11) is 0. The van der Waals surface area contributed by atoms with Crippen molar-refractivity contribution in [2.45, 2.75) is 32.2 Å². The lowest BCUT2D eigenvalue weighted by Crippen LogP contribution is -2.48. The lowest BCUT2D eigenvalue weighted by atomic mass is 10.00. The van der Waals surface area contributed by atoms with Crippen molar-refractivity contribution in [1.82, 2.24) is 15.5 Å². The average Bonchev–Trinajstić information content (AvgIpc) is 2.65. The van der Waals surface area contributed by atoms with Gasteiger partial charge < -0.3 is 15.5 Å². The Bertz CT molecular complexity index is 285. The highest BCUT2D eigenvalue weighted by molar-refractivity contribution is 5.81. The van der Waals surface area contributed by atoms with Gasteiger partial charge in [-0.15, -0.1) is 0 Å². The molecule has 0 aromatic rings. The number of carbonyl (C=O) groups excluding carboxylic acids is 2. The third-order valence-corrected chi connectivity index (χ3v) is 3.38. The van der Waals surface area contributed by atoms with E-state index in [2.05, 4.69) is 17.6 Å². The molecule has 0 aliphatic carbocycles. The number of rotatable bonds is 1. The molecule has 90 valence electrons. The predicted molar refractivity (Wildman–Crippen MR) is 59.9 cm³/mol. The molecule has 2 aliphatic heterocycles. The second-order valence-electron chi connectivity index (χ2n) is 4.82. The van der Waals surface area contributed by atoms with Crippen molar-refractivity contribution in [3.8, 4) is 0 Å². The van der Waals surface area contributed by atoms with Gasteiger partial charge in [-0.05, 0) is 18.8 Å². The van der Waals surface area contributed by atoms with Crippen molar-refractivity contribution < 1.29 is 9.59 Å². The number of likely N-dealkylation sites (tertiary alicyclic amines) is 1. The molecule has 3 amide bonds. The van der Waals surface area contributed by atoms with Crippen LogP contribution < -0.4 is 10.6 Å². The summed E-state index contributed by atoms with van der Waals surface area (Å²) in [6.07, 6.45) is 2.57. The maximum Gasteiger partial charge on any atom is 0.317 e. The van der Waals surface area contributed by atoms with Crippen molar-refractivity contribution in [1.29, 1.82) is 0 Å². The monoisotopic (exact) mass is 225 g/mol. The van der Waals surface area contributed by atoms with E-state index in [1.165, 1.54) is 0 Å². The van der Waals surface area contributed by atoms with Gasteiger partial charge in [-0.25, -0.2) is 4.79 Å². The fourth-order valence-corrected chi connectivity index (χ4v) is 2.18. The minimum absolute atomic E-state index is 0.0200. The minimum Gasteiger partial charge on any atom is -0.354 e. The van der Waals surface area contributed by atoms with Gasteiger partial charge in [0.1, 0.15) is 0 Å². The molecule has 1 unspecified atom stereocenters. The second kappa shape index (κ2) is 4.72. The molecule has 2 saturated heterocycles. The Morgan fingerprint density at radius 3 is 2.69 bits per heavy atom. The molecule has 0 spiro atoms. The summed E-state index contributed by atoms with van der Waals surface area (Å²) in [5.74, 6) is 0.747. The summed E-state index contributed by atoms with van der Waals surface area (Å²) in [4.78, 5) is 24.7. The van der Waals surface area contributed by atoms with Crippen molar-refractivity contribution in [3.63, 3.8) is 0 Å². The van der Waals surface area contributed by atoms with E-state index in [1.807, 2.05) is 4.90 Å². The van der Waals surface area contributed by atoms with Crippen LogP contribution in [0.1, 0.15) is 26.2 Å². The highest BCUT2D eigenvalue weighted by atomic mass is 16.2. The Morgan fingerprint density at radius 2 is 2.12 bits per heavy atom. The van der Waals surface area contributed by atoms with Crippen LogP contribution in [0.15, 0.2) is 0 Å². The zero-order valence-electron chi connectivity index (χ0n) is 9.66. The number of nitrogens with one attached hydrogen (secondary N) is 2. The lowest BCUT2D eigenvalue weighted by Gasteiger charge is -2.31. The quantitative estimate of drug-likeness (QED) is 0.675. The Hall–Kier alpha value is -1.26. The molecule has 0 radical (unpaired) electrons. The summed E-state index contributed by atoms with van der Waals surface area (Å²) in [5.41, 5.74) is 0. The van der Waals surface area contributed by atoms with Crippen LogP contribution in [-0.2, 0) is 4.79 Å². The second-order valence-corrected chi connectivity index (χ2v) is 4.82. The zero-order valence-corrected chi connectivity index (χ0v) is 9.66. The SMILES string of the molecule is CC1CCN(C(=O)NC2CNC(=O)C2)CC1. The molecule has 2 N–H and O–H groups in total. The standard InChI is InChI=1S/C11H19N3O2/c1-8-2-4-14(5-3-8)11(16)13-9-6-10(15)12-7-9/h8-9H,2-7H2,1H3,(H,12,15)(H,13,16). The first kappa shape index (κ1) is 11.2. The van der Waals surface area contributed by atoms with Gasteiger partial charge in [0, 0.05) is 26.1 Å². The van der Waals surface area contributed by atoms with Crippen LogP contribution in [0.25, 0.3) is 0 Å². The van der Waals surface area contributed by atoms with Crippen LogP contribution in [-0.4, -0.2) is 42.5 Å². The van der Waals surface area contributed by atoms with Crippen LogP contribution in [0, 0.1) is 5.92 Å². The van der Waals surface area contributed by atoms with E-state index in [4.69, 9.17) is 0 Å². The van der Waals surface area contributed by atoms with E-state index in [0.717, 1.165) is 31.8 Å². The van der Waals surface area contributed by atoms with Crippen molar-refractivity contribution >= 4 is 11.9 Å². The molecule has 0 saturated carbocycles. The van der Waals surface area contributed by atoms with Crippen LogP contribution in [0.3, 0.4) is 0 Å². The fourth-order valence-electron chi connectivity index (χ4n) is 2.18. The smallest absolute Gasteiger partial charge is 0.317 e. The normalized spacial score (nSPS) is 26.7. The number of amides is 3.